The molecule has 5 heteroatoms. The van der Waals surface area contributed by atoms with E-state index in [0.29, 0.717) is 16.8 Å². The number of anilines is 1. The molecule has 2 aromatic rings. The molecule has 0 aliphatic carbocycles. The number of amides is 1. The summed E-state index contributed by atoms with van der Waals surface area (Å²) in [5.74, 6) is -0.236. The maximum atomic E-state index is 12.1. The van der Waals surface area contributed by atoms with Crippen LogP contribution in [0.25, 0.3) is 0 Å². The van der Waals surface area contributed by atoms with Gasteiger partial charge in [0, 0.05) is 18.0 Å². The van der Waals surface area contributed by atoms with Crippen molar-refractivity contribution in [2.24, 2.45) is 5.73 Å². The quantitative estimate of drug-likeness (QED) is 0.840. The van der Waals surface area contributed by atoms with E-state index in [4.69, 9.17) is 18.0 Å². The van der Waals surface area contributed by atoms with Crippen molar-refractivity contribution in [1.29, 1.82) is 0 Å². The van der Waals surface area contributed by atoms with Crippen LogP contribution >= 0.6 is 12.2 Å². The standard InChI is InChI=1S/C14H13N3OS/c1-9-6-10(8-16-7-9)14(18)17-12-5-3-2-4-11(12)13(15)19/h2-8H,1H3,(H2,15,19)(H,17,18). The molecule has 0 saturated heterocycles. The first-order valence-corrected chi connectivity index (χ1v) is 6.10. The molecule has 19 heavy (non-hydrogen) atoms. The summed E-state index contributed by atoms with van der Waals surface area (Å²) in [5, 5.41) is 2.79. The molecule has 4 nitrogen and oxygen atoms in total. The Morgan fingerprint density at radius 1 is 1.32 bits per heavy atom. The van der Waals surface area contributed by atoms with Crippen molar-refractivity contribution in [3.05, 3.63) is 59.4 Å². The van der Waals surface area contributed by atoms with Gasteiger partial charge in [-0.2, -0.15) is 0 Å². The van der Waals surface area contributed by atoms with Gasteiger partial charge in [-0.1, -0.05) is 24.4 Å². The fourth-order valence-corrected chi connectivity index (χ4v) is 1.86. The van der Waals surface area contributed by atoms with Gasteiger partial charge >= 0.3 is 0 Å². The molecule has 0 unspecified atom stereocenters. The molecule has 0 bridgehead atoms. The first-order chi connectivity index (χ1) is 9.08. The number of benzene rings is 1. The van der Waals surface area contributed by atoms with Gasteiger partial charge in [0.25, 0.3) is 5.91 Å². The van der Waals surface area contributed by atoms with Gasteiger partial charge in [0.2, 0.25) is 0 Å². The number of nitrogens with zero attached hydrogens (tertiary/aromatic N) is 1. The predicted octanol–water partition coefficient (Wildman–Crippen LogP) is 2.28. The highest BCUT2D eigenvalue weighted by Gasteiger charge is 2.10. The fourth-order valence-electron chi connectivity index (χ4n) is 1.68. The lowest BCUT2D eigenvalue weighted by Gasteiger charge is -2.09. The highest BCUT2D eigenvalue weighted by molar-refractivity contribution is 7.80. The molecular weight excluding hydrogens is 258 g/mol. The molecule has 0 aliphatic rings. The maximum Gasteiger partial charge on any atom is 0.257 e. The van der Waals surface area contributed by atoms with Crippen molar-refractivity contribution in [2.45, 2.75) is 6.92 Å². The number of aromatic nitrogens is 1. The minimum absolute atomic E-state index is 0.236. The number of rotatable bonds is 3. The smallest absolute Gasteiger partial charge is 0.257 e. The van der Waals surface area contributed by atoms with E-state index in [1.807, 2.05) is 19.1 Å². The Bertz CT molecular complexity index is 640. The van der Waals surface area contributed by atoms with Gasteiger partial charge in [0.05, 0.1) is 11.3 Å². The first-order valence-electron chi connectivity index (χ1n) is 5.70. The molecule has 1 amide bonds. The van der Waals surface area contributed by atoms with Crippen LogP contribution < -0.4 is 11.1 Å². The van der Waals surface area contributed by atoms with Crippen LogP contribution in [0.2, 0.25) is 0 Å². The molecule has 0 atom stereocenters. The topological polar surface area (TPSA) is 68.0 Å². The van der Waals surface area contributed by atoms with E-state index in [1.165, 1.54) is 6.20 Å². The summed E-state index contributed by atoms with van der Waals surface area (Å²) in [6.07, 6.45) is 3.21. The Morgan fingerprint density at radius 3 is 2.74 bits per heavy atom. The van der Waals surface area contributed by atoms with E-state index in [2.05, 4.69) is 10.3 Å². The Hall–Kier alpha value is -2.27. The largest absolute Gasteiger partial charge is 0.389 e. The summed E-state index contributed by atoms with van der Waals surface area (Å²) in [4.78, 5) is 16.3. The lowest BCUT2D eigenvalue weighted by molar-refractivity contribution is 0.102. The zero-order chi connectivity index (χ0) is 13.8. The van der Waals surface area contributed by atoms with Crippen LogP contribution in [-0.4, -0.2) is 15.9 Å². The molecule has 2 rings (SSSR count). The van der Waals surface area contributed by atoms with Crippen LogP contribution in [0.5, 0.6) is 0 Å². The van der Waals surface area contributed by atoms with Gasteiger partial charge in [0.1, 0.15) is 4.99 Å². The van der Waals surface area contributed by atoms with E-state index in [1.54, 1.807) is 24.4 Å². The Morgan fingerprint density at radius 2 is 2.05 bits per heavy atom. The van der Waals surface area contributed by atoms with Crippen LogP contribution in [0, 0.1) is 6.92 Å². The van der Waals surface area contributed by atoms with Gasteiger partial charge in [-0.3, -0.25) is 9.78 Å². The summed E-state index contributed by atoms with van der Waals surface area (Å²) < 4.78 is 0. The van der Waals surface area contributed by atoms with Gasteiger partial charge in [-0.15, -0.1) is 0 Å². The van der Waals surface area contributed by atoms with E-state index >= 15 is 0 Å². The Labute approximate surface area is 116 Å². The highest BCUT2D eigenvalue weighted by Crippen LogP contribution is 2.16. The normalized spacial score (nSPS) is 9.95. The third kappa shape index (κ3) is 3.14. The minimum Gasteiger partial charge on any atom is -0.389 e. The second kappa shape index (κ2) is 5.58. The number of thiocarbonyl (C=S) groups is 1. The molecule has 0 aliphatic heterocycles. The summed E-state index contributed by atoms with van der Waals surface area (Å²) >= 11 is 4.95. The van der Waals surface area contributed by atoms with Crippen molar-refractivity contribution < 1.29 is 4.79 Å². The lowest BCUT2D eigenvalue weighted by atomic mass is 10.1. The highest BCUT2D eigenvalue weighted by atomic mass is 32.1. The summed E-state index contributed by atoms with van der Waals surface area (Å²) in [7, 11) is 0. The number of aryl methyl sites for hydroxylation is 1. The van der Waals surface area contributed by atoms with Crippen LogP contribution in [0.3, 0.4) is 0 Å². The lowest BCUT2D eigenvalue weighted by Crippen LogP contribution is -2.17. The number of hydrogen-bond donors (Lipinski definition) is 2. The molecule has 0 spiro atoms. The number of carbonyl (C=O) groups is 1. The third-order valence-electron chi connectivity index (χ3n) is 2.58. The Balaban J connectivity index is 2.27. The second-order valence-corrected chi connectivity index (χ2v) is 4.55. The van der Waals surface area contributed by atoms with Gasteiger partial charge < -0.3 is 11.1 Å². The van der Waals surface area contributed by atoms with Crippen molar-refractivity contribution in [3.8, 4) is 0 Å². The number of para-hydroxylation sites is 1. The number of pyridine rings is 1. The second-order valence-electron chi connectivity index (χ2n) is 4.11. The molecule has 96 valence electrons. The van der Waals surface area contributed by atoms with Gasteiger partial charge in [-0.05, 0) is 30.7 Å². The molecule has 1 aromatic heterocycles. The zero-order valence-electron chi connectivity index (χ0n) is 10.4. The van der Waals surface area contributed by atoms with Crippen molar-refractivity contribution in [2.75, 3.05) is 5.32 Å². The van der Waals surface area contributed by atoms with E-state index in [9.17, 15) is 4.79 Å². The molecule has 1 aromatic carbocycles. The first kappa shape index (κ1) is 13.2. The maximum absolute atomic E-state index is 12.1. The molecule has 0 fully saturated rings. The fraction of sp³-hybridized carbons (Fsp3) is 0.0714. The molecule has 0 saturated carbocycles. The van der Waals surface area contributed by atoms with Crippen LogP contribution in [0.15, 0.2) is 42.7 Å². The SMILES string of the molecule is Cc1cncc(C(=O)Nc2ccccc2C(N)=S)c1. The van der Waals surface area contributed by atoms with Crippen molar-refractivity contribution in [3.63, 3.8) is 0 Å². The minimum atomic E-state index is -0.236. The third-order valence-corrected chi connectivity index (χ3v) is 2.80. The van der Waals surface area contributed by atoms with Gasteiger partial charge in [-0.25, -0.2) is 0 Å². The average Bonchev–Trinajstić information content (AvgIpc) is 2.39. The van der Waals surface area contributed by atoms with Crippen LogP contribution in [-0.2, 0) is 0 Å². The van der Waals surface area contributed by atoms with Crippen LogP contribution in [0.4, 0.5) is 5.69 Å². The zero-order valence-corrected chi connectivity index (χ0v) is 11.2. The molecule has 0 radical (unpaired) electrons. The monoisotopic (exact) mass is 271 g/mol. The number of nitrogens with one attached hydrogen (secondary N) is 1. The predicted molar refractivity (Wildman–Crippen MR) is 79.3 cm³/mol. The van der Waals surface area contributed by atoms with E-state index < -0.39 is 0 Å². The molecule has 1 heterocycles. The van der Waals surface area contributed by atoms with E-state index in [-0.39, 0.29) is 10.9 Å². The molecule has 3 N–H and O–H groups in total. The van der Waals surface area contributed by atoms with Gasteiger partial charge in [0.15, 0.2) is 0 Å². The van der Waals surface area contributed by atoms with Crippen molar-refractivity contribution >= 4 is 28.8 Å². The number of nitrogens with two attached hydrogens (primary N) is 1. The number of carbonyl (C=O) groups excluding carboxylic acids is 1. The Kier molecular flexibility index (Phi) is 3.87. The van der Waals surface area contributed by atoms with Crippen molar-refractivity contribution in [1.82, 2.24) is 4.98 Å². The van der Waals surface area contributed by atoms with E-state index in [0.717, 1.165) is 5.56 Å². The summed E-state index contributed by atoms with van der Waals surface area (Å²) in [6, 6.07) is 8.93. The summed E-state index contributed by atoms with van der Waals surface area (Å²) in [5.41, 5.74) is 8.29. The molecular formula is C14H13N3OS. The van der Waals surface area contributed by atoms with Crippen LogP contribution in [0.1, 0.15) is 21.5 Å². The average molecular weight is 271 g/mol. The number of hydrogen-bond acceptors (Lipinski definition) is 3. The summed E-state index contributed by atoms with van der Waals surface area (Å²) in [6.45, 7) is 1.88.